The number of hydrogen-bond donors (Lipinski definition) is 1. The number of benzene rings is 1. The van der Waals surface area contributed by atoms with Gasteiger partial charge in [-0.05, 0) is 30.9 Å². The van der Waals surface area contributed by atoms with Gasteiger partial charge < -0.3 is 9.67 Å². The van der Waals surface area contributed by atoms with E-state index in [0.717, 1.165) is 21.5 Å². The molecule has 2 heterocycles. The number of carbonyl (C=O) groups excluding carboxylic acids is 1. The number of thiophene rings is 1. The van der Waals surface area contributed by atoms with Gasteiger partial charge in [-0.25, -0.2) is 0 Å². The van der Waals surface area contributed by atoms with Gasteiger partial charge >= 0.3 is 0 Å². The van der Waals surface area contributed by atoms with Crippen molar-refractivity contribution in [3.63, 3.8) is 0 Å². The van der Waals surface area contributed by atoms with Crippen LogP contribution in [0.4, 0.5) is 0 Å². The molecule has 0 saturated carbocycles. The number of aliphatic hydroxyl groups is 1. The third-order valence-electron chi connectivity index (χ3n) is 3.79. The molecule has 0 amide bonds. The Balaban J connectivity index is 2.28. The van der Waals surface area contributed by atoms with Crippen LogP contribution in [0.25, 0.3) is 10.9 Å². The Labute approximate surface area is 127 Å². The minimum atomic E-state index is -0.611. The molecule has 0 saturated heterocycles. The van der Waals surface area contributed by atoms with Crippen molar-refractivity contribution in [2.75, 3.05) is 0 Å². The molecule has 4 heteroatoms. The summed E-state index contributed by atoms with van der Waals surface area (Å²) in [5, 5.41) is 13.1. The molecule has 1 aromatic carbocycles. The summed E-state index contributed by atoms with van der Waals surface area (Å²) in [6, 6.07) is 11.5. The highest BCUT2D eigenvalue weighted by molar-refractivity contribution is 7.12. The second-order valence-electron chi connectivity index (χ2n) is 5.04. The van der Waals surface area contributed by atoms with E-state index in [1.165, 1.54) is 11.3 Å². The normalized spacial score (nSPS) is 12.7. The van der Waals surface area contributed by atoms with Crippen LogP contribution in [-0.4, -0.2) is 15.5 Å². The van der Waals surface area contributed by atoms with Crippen LogP contribution in [0.3, 0.4) is 0 Å². The summed E-state index contributed by atoms with van der Waals surface area (Å²) in [6.45, 7) is 3.83. The topological polar surface area (TPSA) is 42.2 Å². The first-order valence-electron chi connectivity index (χ1n) is 7.01. The maximum atomic E-state index is 12.8. The molecule has 3 nitrogen and oxygen atoms in total. The lowest BCUT2D eigenvalue weighted by atomic mass is 10.1. The highest BCUT2D eigenvalue weighted by atomic mass is 32.1. The zero-order valence-electron chi connectivity index (χ0n) is 12.0. The smallest absolute Gasteiger partial charge is 0.205 e. The van der Waals surface area contributed by atoms with Crippen LogP contribution < -0.4 is 0 Å². The van der Waals surface area contributed by atoms with Crippen molar-refractivity contribution in [2.45, 2.75) is 26.5 Å². The Hall–Kier alpha value is -1.91. The average molecular weight is 299 g/mol. The van der Waals surface area contributed by atoms with Gasteiger partial charge in [-0.2, -0.15) is 0 Å². The van der Waals surface area contributed by atoms with Gasteiger partial charge in [0.05, 0.1) is 16.0 Å². The molecule has 1 unspecified atom stereocenters. The van der Waals surface area contributed by atoms with Crippen LogP contribution >= 0.6 is 11.3 Å². The van der Waals surface area contributed by atoms with Gasteiger partial charge in [0.1, 0.15) is 6.23 Å². The Bertz CT molecular complexity index is 787. The number of hydrogen-bond acceptors (Lipinski definition) is 3. The van der Waals surface area contributed by atoms with E-state index in [1.54, 1.807) is 0 Å². The third kappa shape index (κ3) is 2.20. The zero-order chi connectivity index (χ0) is 15.0. The molecule has 0 aliphatic heterocycles. The first-order chi connectivity index (χ1) is 10.1. The molecule has 3 aromatic rings. The molecule has 1 atom stereocenters. The highest BCUT2D eigenvalue weighted by Crippen LogP contribution is 2.31. The summed E-state index contributed by atoms with van der Waals surface area (Å²) in [5.74, 6) is 0.0285. The van der Waals surface area contributed by atoms with Crippen molar-refractivity contribution in [1.29, 1.82) is 0 Å². The van der Waals surface area contributed by atoms with E-state index < -0.39 is 6.23 Å². The monoisotopic (exact) mass is 299 g/mol. The first kappa shape index (κ1) is 14.0. The molecule has 2 aromatic heterocycles. The van der Waals surface area contributed by atoms with Crippen LogP contribution in [0, 0.1) is 6.92 Å². The molecular weight excluding hydrogens is 282 g/mol. The van der Waals surface area contributed by atoms with Gasteiger partial charge in [0.15, 0.2) is 0 Å². The van der Waals surface area contributed by atoms with Gasteiger partial charge in [0, 0.05) is 11.1 Å². The van der Waals surface area contributed by atoms with Gasteiger partial charge in [0.25, 0.3) is 0 Å². The molecule has 0 aliphatic carbocycles. The Morgan fingerprint density at radius 2 is 2.05 bits per heavy atom. The van der Waals surface area contributed by atoms with E-state index in [-0.39, 0.29) is 5.78 Å². The minimum absolute atomic E-state index is 0.0285. The third-order valence-corrected chi connectivity index (χ3v) is 4.66. The Morgan fingerprint density at radius 3 is 2.71 bits per heavy atom. The van der Waals surface area contributed by atoms with Gasteiger partial charge in [-0.1, -0.05) is 31.2 Å². The average Bonchev–Trinajstić information content (AvgIpc) is 3.11. The standard InChI is InChI=1S/C17H17NO2S/c1-3-15(19)18-11(2)16(12-7-4-5-8-13(12)18)17(20)14-9-6-10-21-14/h4-10,15,19H,3H2,1-2H3. The van der Waals surface area contributed by atoms with Crippen LogP contribution in [0.5, 0.6) is 0 Å². The number of para-hydroxylation sites is 1. The molecule has 0 bridgehead atoms. The van der Waals surface area contributed by atoms with Crippen LogP contribution in [-0.2, 0) is 0 Å². The molecule has 1 N–H and O–H groups in total. The van der Waals surface area contributed by atoms with Crippen molar-refractivity contribution in [3.8, 4) is 0 Å². The molecular formula is C17H17NO2S. The number of carbonyl (C=O) groups is 1. The van der Waals surface area contributed by atoms with E-state index >= 15 is 0 Å². The number of ketones is 1. The first-order valence-corrected chi connectivity index (χ1v) is 7.89. The number of aliphatic hydroxyl groups excluding tert-OH is 1. The van der Waals surface area contributed by atoms with Gasteiger partial charge in [-0.15, -0.1) is 11.3 Å². The lowest BCUT2D eigenvalue weighted by Crippen LogP contribution is -2.10. The summed E-state index contributed by atoms with van der Waals surface area (Å²) >= 11 is 1.45. The zero-order valence-corrected chi connectivity index (χ0v) is 12.9. The number of nitrogens with zero attached hydrogens (tertiary/aromatic N) is 1. The summed E-state index contributed by atoms with van der Waals surface area (Å²) in [6.07, 6.45) is -0.00799. The van der Waals surface area contributed by atoms with Gasteiger partial charge in [0.2, 0.25) is 5.78 Å². The summed E-state index contributed by atoms with van der Waals surface area (Å²) in [7, 11) is 0. The number of fused-ring (bicyclic) bond motifs is 1. The van der Waals surface area contributed by atoms with Crippen molar-refractivity contribution in [3.05, 3.63) is 57.9 Å². The highest BCUT2D eigenvalue weighted by Gasteiger charge is 2.23. The van der Waals surface area contributed by atoms with Crippen molar-refractivity contribution < 1.29 is 9.90 Å². The van der Waals surface area contributed by atoms with Crippen LogP contribution in [0.1, 0.15) is 40.5 Å². The fraction of sp³-hybridized carbons (Fsp3) is 0.235. The minimum Gasteiger partial charge on any atom is -0.373 e. The number of rotatable bonds is 4. The van der Waals surface area contributed by atoms with E-state index in [2.05, 4.69) is 0 Å². The molecule has 21 heavy (non-hydrogen) atoms. The molecule has 0 spiro atoms. The van der Waals surface area contributed by atoms with Crippen molar-refractivity contribution in [2.24, 2.45) is 0 Å². The maximum Gasteiger partial charge on any atom is 0.205 e. The van der Waals surface area contributed by atoms with E-state index in [1.807, 2.05) is 60.2 Å². The van der Waals surface area contributed by atoms with Crippen LogP contribution in [0.15, 0.2) is 41.8 Å². The lowest BCUT2D eigenvalue weighted by molar-refractivity contribution is 0.101. The summed E-state index contributed by atoms with van der Waals surface area (Å²) < 4.78 is 1.86. The second-order valence-corrected chi connectivity index (χ2v) is 5.99. The van der Waals surface area contributed by atoms with Crippen LogP contribution in [0.2, 0.25) is 0 Å². The molecule has 0 radical (unpaired) electrons. The number of aromatic nitrogens is 1. The molecule has 0 aliphatic rings. The van der Waals surface area contributed by atoms with E-state index in [4.69, 9.17) is 0 Å². The van der Waals surface area contributed by atoms with Crippen molar-refractivity contribution in [1.82, 2.24) is 4.57 Å². The quantitative estimate of drug-likeness (QED) is 0.736. The van der Waals surface area contributed by atoms with E-state index in [0.29, 0.717) is 12.0 Å². The predicted molar refractivity (Wildman–Crippen MR) is 86.0 cm³/mol. The Morgan fingerprint density at radius 1 is 1.29 bits per heavy atom. The maximum absolute atomic E-state index is 12.8. The van der Waals surface area contributed by atoms with Gasteiger partial charge in [-0.3, -0.25) is 4.79 Å². The SMILES string of the molecule is CCC(O)n1c(C)c(C(=O)c2cccs2)c2ccccc21. The summed E-state index contributed by atoms with van der Waals surface area (Å²) in [5.41, 5.74) is 2.42. The molecule has 3 rings (SSSR count). The fourth-order valence-corrected chi connectivity index (χ4v) is 3.45. The summed E-state index contributed by atoms with van der Waals surface area (Å²) in [4.78, 5) is 13.5. The molecule has 108 valence electrons. The predicted octanol–water partition coefficient (Wildman–Crippen LogP) is 4.14. The Kier molecular flexibility index (Phi) is 3.66. The second kappa shape index (κ2) is 5.47. The lowest BCUT2D eigenvalue weighted by Gasteiger charge is -2.14. The van der Waals surface area contributed by atoms with E-state index in [9.17, 15) is 9.90 Å². The largest absolute Gasteiger partial charge is 0.373 e. The molecule has 0 fully saturated rings. The fourth-order valence-electron chi connectivity index (χ4n) is 2.78. The van der Waals surface area contributed by atoms with Crippen molar-refractivity contribution >= 4 is 28.0 Å².